The number of pyridine rings is 1. The normalized spacial score (nSPS) is 18.0. The van der Waals surface area contributed by atoms with Crippen LogP contribution < -0.4 is 4.74 Å². The lowest BCUT2D eigenvalue weighted by Gasteiger charge is -2.26. The zero-order valence-corrected chi connectivity index (χ0v) is 22.2. The highest BCUT2D eigenvalue weighted by atomic mass is 35.5. The quantitative estimate of drug-likeness (QED) is 0.246. The van der Waals surface area contributed by atoms with Gasteiger partial charge >= 0.3 is 0 Å². The predicted octanol–water partition coefficient (Wildman–Crippen LogP) is 7.65. The SMILES string of the molecule is Cc1nn2c(C3CCOCC3)cc(C(=O)C[C@H]3CCOc4ccccc43)cc2c1-c1cc(Cl)cc(Cl)c1. The molecule has 1 fully saturated rings. The first-order valence-corrected chi connectivity index (χ1v) is 13.6. The van der Waals surface area contributed by atoms with E-state index < -0.39 is 0 Å². The smallest absolute Gasteiger partial charge is 0.163 e. The Labute approximate surface area is 226 Å². The van der Waals surface area contributed by atoms with Crippen LogP contribution in [0.3, 0.4) is 0 Å². The number of benzene rings is 2. The van der Waals surface area contributed by atoms with Crippen LogP contribution >= 0.6 is 23.2 Å². The molecular formula is C30H28Cl2N2O3. The average Bonchev–Trinajstić information content (AvgIpc) is 3.24. The van der Waals surface area contributed by atoms with E-state index in [0.29, 0.717) is 41.9 Å². The molecule has 0 N–H and O–H groups in total. The van der Waals surface area contributed by atoms with Crippen LogP contribution in [0.4, 0.5) is 0 Å². The van der Waals surface area contributed by atoms with Crippen molar-refractivity contribution in [2.24, 2.45) is 0 Å². The van der Waals surface area contributed by atoms with E-state index in [4.69, 9.17) is 37.8 Å². The third-order valence-corrected chi connectivity index (χ3v) is 8.00. The number of rotatable bonds is 5. The number of aryl methyl sites for hydroxylation is 1. The van der Waals surface area contributed by atoms with Crippen molar-refractivity contribution in [2.45, 2.75) is 44.4 Å². The lowest BCUT2D eigenvalue weighted by molar-refractivity contribution is 0.0840. The van der Waals surface area contributed by atoms with Crippen LogP contribution in [0.1, 0.15) is 64.8 Å². The molecule has 7 heteroatoms. The van der Waals surface area contributed by atoms with Crippen molar-refractivity contribution in [2.75, 3.05) is 19.8 Å². The number of ether oxygens (including phenoxy) is 2. The molecule has 2 aliphatic rings. The van der Waals surface area contributed by atoms with Crippen molar-refractivity contribution in [3.05, 3.63) is 87.2 Å². The van der Waals surface area contributed by atoms with Crippen LogP contribution in [0.5, 0.6) is 5.75 Å². The molecule has 0 amide bonds. The molecule has 2 aromatic carbocycles. The number of fused-ring (bicyclic) bond motifs is 2. The fourth-order valence-electron chi connectivity index (χ4n) is 5.75. The lowest BCUT2D eigenvalue weighted by Crippen LogP contribution is -2.19. The standard InChI is InChI=1S/C30H28Cl2N2O3/c1-18-30(22-12-23(31)17-24(32)13-22)27-15-21(14-26(34(27)33-18)19-6-9-36-10-7-19)28(35)16-20-8-11-37-29-5-3-2-4-25(20)29/h2-5,12-15,17,19-20H,6-11,16H2,1H3/t20-/m1/s1. The number of para-hydroxylation sites is 1. The number of ketones is 1. The summed E-state index contributed by atoms with van der Waals surface area (Å²) in [5.41, 5.74) is 6.49. The monoisotopic (exact) mass is 534 g/mol. The third kappa shape index (κ3) is 4.76. The maximum Gasteiger partial charge on any atom is 0.163 e. The van der Waals surface area contributed by atoms with E-state index in [9.17, 15) is 4.79 Å². The van der Waals surface area contributed by atoms with Gasteiger partial charge in [-0.25, -0.2) is 4.52 Å². The van der Waals surface area contributed by atoms with E-state index in [2.05, 4.69) is 12.1 Å². The Morgan fingerprint density at radius 3 is 2.54 bits per heavy atom. The van der Waals surface area contributed by atoms with Crippen molar-refractivity contribution < 1.29 is 14.3 Å². The molecule has 4 heterocycles. The number of halogens is 2. The van der Waals surface area contributed by atoms with Gasteiger partial charge in [-0.3, -0.25) is 4.79 Å². The average molecular weight is 535 g/mol. The highest BCUT2D eigenvalue weighted by Crippen LogP contribution is 2.39. The van der Waals surface area contributed by atoms with E-state index in [1.165, 1.54) is 0 Å². The molecule has 2 aromatic heterocycles. The number of nitrogens with zero attached hydrogens (tertiary/aromatic N) is 2. The summed E-state index contributed by atoms with van der Waals surface area (Å²) in [5.74, 6) is 1.42. The Morgan fingerprint density at radius 2 is 1.76 bits per heavy atom. The molecule has 5 nitrogen and oxygen atoms in total. The molecule has 0 bridgehead atoms. The van der Waals surface area contributed by atoms with E-state index >= 15 is 0 Å². The van der Waals surface area contributed by atoms with Crippen LogP contribution in [-0.4, -0.2) is 35.2 Å². The van der Waals surface area contributed by atoms with E-state index in [0.717, 1.165) is 58.6 Å². The van der Waals surface area contributed by atoms with Crippen LogP contribution in [-0.2, 0) is 4.74 Å². The minimum absolute atomic E-state index is 0.131. The lowest BCUT2D eigenvalue weighted by atomic mass is 9.86. The van der Waals surface area contributed by atoms with E-state index in [-0.39, 0.29) is 17.6 Å². The molecule has 0 unspecified atom stereocenters. The molecule has 6 rings (SSSR count). The summed E-state index contributed by atoms with van der Waals surface area (Å²) in [6.07, 6.45) is 3.07. The van der Waals surface area contributed by atoms with Crippen molar-refractivity contribution in [3.63, 3.8) is 0 Å². The van der Waals surface area contributed by atoms with E-state index in [1.54, 1.807) is 6.07 Å². The van der Waals surface area contributed by atoms with Gasteiger partial charge in [-0.05, 0) is 79.6 Å². The van der Waals surface area contributed by atoms with Gasteiger partial charge in [0, 0.05) is 52.4 Å². The van der Waals surface area contributed by atoms with Crippen LogP contribution in [0.25, 0.3) is 16.6 Å². The Balaban J connectivity index is 1.46. The molecule has 0 spiro atoms. The van der Waals surface area contributed by atoms with Gasteiger partial charge in [-0.1, -0.05) is 41.4 Å². The maximum absolute atomic E-state index is 13.8. The largest absolute Gasteiger partial charge is 0.493 e. The summed E-state index contributed by atoms with van der Waals surface area (Å²) < 4.78 is 13.5. The molecule has 4 aromatic rings. The topological polar surface area (TPSA) is 52.8 Å². The summed E-state index contributed by atoms with van der Waals surface area (Å²) in [6, 6.07) is 17.6. The second-order valence-corrected chi connectivity index (χ2v) is 10.8. The molecule has 37 heavy (non-hydrogen) atoms. The molecule has 0 saturated carbocycles. The maximum atomic E-state index is 13.8. The molecular weight excluding hydrogens is 507 g/mol. The van der Waals surface area contributed by atoms with Gasteiger partial charge in [-0.2, -0.15) is 5.10 Å². The molecule has 0 aliphatic carbocycles. The van der Waals surface area contributed by atoms with Gasteiger partial charge in [0.05, 0.1) is 17.8 Å². The zero-order chi connectivity index (χ0) is 25.5. The first kappa shape index (κ1) is 24.5. The van der Waals surface area contributed by atoms with Gasteiger partial charge in [0.2, 0.25) is 0 Å². The molecule has 2 aliphatic heterocycles. The van der Waals surface area contributed by atoms with Gasteiger partial charge in [0.1, 0.15) is 5.75 Å². The number of hydrogen-bond donors (Lipinski definition) is 0. The van der Waals surface area contributed by atoms with Crippen molar-refractivity contribution >= 4 is 34.5 Å². The van der Waals surface area contributed by atoms with Gasteiger partial charge in [0.25, 0.3) is 0 Å². The van der Waals surface area contributed by atoms with Gasteiger partial charge in [-0.15, -0.1) is 0 Å². The van der Waals surface area contributed by atoms with Crippen molar-refractivity contribution in [1.82, 2.24) is 9.61 Å². The number of Topliss-reactive ketones (excluding diaryl/α,β-unsaturated/α-hetero) is 1. The first-order chi connectivity index (χ1) is 18.0. The Bertz CT molecular complexity index is 1470. The molecule has 1 saturated heterocycles. The highest BCUT2D eigenvalue weighted by Gasteiger charge is 2.27. The number of hydrogen-bond acceptors (Lipinski definition) is 4. The van der Waals surface area contributed by atoms with E-state index in [1.807, 2.05) is 47.8 Å². The summed E-state index contributed by atoms with van der Waals surface area (Å²) in [4.78, 5) is 13.8. The summed E-state index contributed by atoms with van der Waals surface area (Å²) in [7, 11) is 0. The third-order valence-electron chi connectivity index (χ3n) is 7.56. The predicted molar refractivity (Wildman–Crippen MR) is 146 cm³/mol. The number of aromatic nitrogens is 2. The summed E-state index contributed by atoms with van der Waals surface area (Å²) in [6.45, 7) is 4.04. The minimum atomic E-state index is 0.131. The zero-order valence-electron chi connectivity index (χ0n) is 20.7. The Kier molecular flexibility index (Phi) is 6.70. The number of carbonyl (C=O) groups excluding carboxylic acids is 1. The minimum Gasteiger partial charge on any atom is -0.493 e. The second-order valence-electron chi connectivity index (χ2n) is 9.97. The fraction of sp³-hybridized carbons (Fsp3) is 0.333. The fourth-order valence-corrected chi connectivity index (χ4v) is 6.28. The molecule has 190 valence electrons. The highest BCUT2D eigenvalue weighted by molar-refractivity contribution is 6.35. The van der Waals surface area contributed by atoms with Crippen LogP contribution in [0.2, 0.25) is 10.0 Å². The summed E-state index contributed by atoms with van der Waals surface area (Å²) >= 11 is 12.7. The molecule has 0 radical (unpaired) electrons. The van der Waals surface area contributed by atoms with Crippen LogP contribution in [0.15, 0.2) is 54.6 Å². The van der Waals surface area contributed by atoms with Gasteiger partial charge in [0.15, 0.2) is 5.78 Å². The number of carbonyl (C=O) groups is 1. The Hall–Kier alpha value is -2.86. The molecule has 1 atom stereocenters. The van der Waals surface area contributed by atoms with Crippen molar-refractivity contribution in [1.29, 1.82) is 0 Å². The van der Waals surface area contributed by atoms with Crippen LogP contribution in [0, 0.1) is 6.92 Å². The first-order valence-electron chi connectivity index (χ1n) is 12.8. The van der Waals surface area contributed by atoms with Gasteiger partial charge < -0.3 is 9.47 Å². The summed E-state index contributed by atoms with van der Waals surface area (Å²) in [5, 5.41) is 6.06. The van der Waals surface area contributed by atoms with Crippen molar-refractivity contribution in [3.8, 4) is 16.9 Å². The Morgan fingerprint density at radius 1 is 1.00 bits per heavy atom. The second kappa shape index (κ2) is 10.1.